The van der Waals surface area contributed by atoms with Gasteiger partial charge in [0.2, 0.25) is 0 Å². The van der Waals surface area contributed by atoms with Gasteiger partial charge in [-0.05, 0) is 19.8 Å². The van der Waals surface area contributed by atoms with Crippen LogP contribution < -0.4 is 0 Å². The van der Waals surface area contributed by atoms with Gasteiger partial charge < -0.3 is 0 Å². The van der Waals surface area contributed by atoms with Crippen molar-refractivity contribution < 1.29 is 4.79 Å². The molecule has 0 aliphatic heterocycles. The molecule has 0 amide bonds. The van der Waals surface area contributed by atoms with Crippen LogP contribution >= 0.6 is 0 Å². The number of carbonyl (C=O) groups excluding carboxylic acids is 1. The molecule has 0 aliphatic carbocycles. The average Bonchev–Trinajstić information content (AvgIpc) is 2.35. The van der Waals surface area contributed by atoms with Gasteiger partial charge in [0, 0.05) is 5.57 Å². The molecule has 1 heteroatoms. The summed E-state index contributed by atoms with van der Waals surface area (Å²) in [6, 6.07) is 0. The van der Waals surface area contributed by atoms with Crippen molar-refractivity contribution in [3.05, 3.63) is 5.57 Å². The predicted octanol–water partition coefficient (Wildman–Crippen LogP) is 5.47. The van der Waals surface area contributed by atoms with Gasteiger partial charge in [-0.15, -0.1) is 0 Å². The standard InChI is InChI=1S/C16H30O/c1-3-4-5-6-7-8-9-10-11-12-13-14-16(2)15-17/h3-14H2,1-2H3. The van der Waals surface area contributed by atoms with Crippen molar-refractivity contribution in [3.8, 4) is 0 Å². The molecule has 0 radical (unpaired) electrons. The highest BCUT2D eigenvalue weighted by Gasteiger charge is 1.94. The van der Waals surface area contributed by atoms with E-state index in [9.17, 15) is 4.79 Å². The lowest BCUT2D eigenvalue weighted by atomic mass is 10.0. The second-order valence-electron chi connectivity index (χ2n) is 5.17. The molecular formula is C16H30O. The normalized spacial score (nSPS) is 10.2. The second-order valence-corrected chi connectivity index (χ2v) is 5.17. The summed E-state index contributed by atoms with van der Waals surface area (Å²) < 4.78 is 0. The number of hydrogen-bond donors (Lipinski definition) is 0. The Morgan fingerprint density at radius 2 is 1.18 bits per heavy atom. The van der Waals surface area contributed by atoms with E-state index in [1.54, 1.807) is 0 Å². The first-order chi connectivity index (χ1) is 8.31. The lowest BCUT2D eigenvalue weighted by Crippen LogP contribution is -1.83. The van der Waals surface area contributed by atoms with E-state index in [0.29, 0.717) is 0 Å². The van der Waals surface area contributed by atoms with E-state index in [-0.39, 0.29) is 0 Å². The fraction of sp³-hybridized carbons (Fsp3) is 0.875. The van der Waals surface area contributed by atoms with Crippen molar-refractivity contribution >= 4 is 5.94 Å². The van der Waals surface area contributed by atoms with Crippen LogP contribution in [0.25, 0.3) is 0 Å². The molecule has 0 unspecified atom stereocenters. The highest BCUT2D eigenvalue weighted by Crippen LogP contribution is 2.12. The van der Waals surface area contributed by atoms with Crippen LogP contribution in [0.3, 0.4) is 0 Å². The van der Waals surface area contributed by atoms with E-state index in [2.05, 4.69) is 6.92 Å². The zero-order valence-electron chi connectivity index (χ0n) is 11.9. The summed E-state index contributed by atoms with van der Waals surface area (Å²) in [4.78, 5) is 10.3. The first kappa shape index (κ1) is 16.4. The third kappa shape index (κ3) is 13.4. The van der Waals surface area contributed by atoms with Crippen molar-refractivity contribution in [3.63, 3.8) is 0 Å². The Hall–Kier alpha value is -0.550. The van der Waals surface area contributed by atoms with Gasteiger partial charge in [-0.2, -0.15) is 0 Å². The lowest BCUT2D eigenvalue weighted by molar-refractivity contribution is 0.547. The van der Waals surface area contributed by atoms with E-state index in [4.69, 9.17) is 0 Å². The molecule has 0 atom stereocenters. The van der Waals surface area contributed by atoms with Crippen molar-refractivity contribution in [1.29, 1.82) is 0 Å². The Morgan fingerprint density at radius 1 is 0.765 bits per heavy atom. The molecular weight excluding hydrogens is 208 g/mol. The summed E-state index contributed by atoms with van der Waals surface area (Å²) in [5.41, 5.74) is 0.876. The van der Waals surface area contributed by atoms with Crippen molar-refractivity contribution in [2.24, 2.45) is 0 Å². The minimum atomic E-state index is 0.876. The Balaban J connectivity index is 3.01. The minimum Gasteiger partial charge on any atom is -0.234 e. The molecule has 0 aliphatic rings. The topological polar surface area (TPSA) is 17.1 Å². The van der Waals surface area contributed by atoms with Crippen LogP contribution in [-0.4, -0.2) is 5.94 Å². The summed E-state index contributed by atoms with van der Waals surface area (Å²) >= 11 is 0. The Kier molecular flexibility index (Phi) is 13.1. The SMILES string of the molecule is CCCCCCCCCCCCCC(C)=C=O. The van der Waals surface area contributed by atoms with Crippen molar-refractivity contribution in [2.75, 3.05) is 0 Å². The summed E-state index contributed by atoms with van der Waals surface area (Å²) in [5.74, 6) is 1.97. The molecule has 0 spiro atoms. The van der Waals surface area contributed by atoms with Gasteiger partial charge in [-0.1, -0.05) is 71.1 Å². The highest BCUT2D eigenvalue weighted by atomic mass is 16.1. The number of hydrogen-bond acceptors (Lipinski definition) is 1. The van der Waals surface area contributed by atoms with Crippen LogP contribution in [0.2, 0.25) is 0 Å². The van der Waals surface area contributed by atoms with Crippen LogP contribution in [0.5, 0.6) is 0 Å². The molecule has 0 N–H and O–H groups in total. The molecule has 0 aromatic heterocycles. The third-order valence-corrected chi connectivity index (χ3v) is 3.33. The lowest BCUT2D eigenvalue weighted by Gasteiger charge is -2.02. The van der Waals surface area contributed by atoms with Crippen molar-refractivity contribution in [2.45, 2.75) is 90.9 Å². The maximum atomic E-state index is 10.3. The number of rotatable bonds is 12. The first-order valence-electron chi connectivity index (χ1n) is 7.51. The molecule has 1 nitrogen and oxygen atoms in total. The molecule has 0 bridgehead atoms. The van der Waals surface area contributed by atoms with Gasteiger partial charge in [-0.3, -0.25) is 0 Å². The summed E-state index contributed by atoms with van der Waals surface area (Å²) in [6.45, 7) is 4.14. The summed E-state index contributed by atoms with van der Waals surface area (Å²) in [6.07, 6.45) is 15.9. The summed E-state index contributed by atoms with van der Waals surface area (Å²) in [5, 5.41) is 0. The average molecular weight is 238 g/mol. The molecule has 0 rings (SSSR count). The Morgan fingerprint density at radius 3 is 1.59 bits per heavy atom. The summed E-state index contributed by atoms with van der Waals surface area (Å²) in [7, 11) is 0. The second kappa shape index (κ2) is 13.5. The molecule has 0 aromatic carbocycles. The van der Waals surface area contributed by atoms with Gasteiger partial charge in [0.25, 0.3) is 0 Å². The van der Waals surface area contributed by atoms with Gasteiger partial charge in [0.15, 0.2) is 0 Å². The van der Waals surface area contributed by atoms with Gasteiger partial charge in [0.1, 0.15) is 5.94 Å². The maximum Gasteiger partial charge on any atom is 0.123 e. The first-order valence-corrected chi connectivity index (χ1v) is 7.51. The van der Waals surface area contributed by atoms with Crippen LogP contribution in [-0.2, 0) is 4.79 Å². The van der Waals surface area contributed by atoms with Crippen molar-refractivity contribution in [1.82, 2.24) is 0 Å². The van der Waals surface area contributed by atoms with Crippen LogP contribution in [0, 0.1) is 0 Å². The number of allylic oxidation sites excluding steroid dienone is 1. The molecule has 0 fully saturated rings. The fourth-order valence-electron chi connectivity index (χ4n) is 2.11. The predicted molar refractivity (Wildman–Crippen MR) is 76.0 cm³/mol. The van der Waals surface area contributed by atoms with Gasteiger partial charge in [0.05, 0.1) is 0 Å². The van der Waals surface area contributed by atoms with Crippen LogP contribution in [0.4, 0.5) is 0 Å². The molecule has 100 valence electrons. The molecule has 0 saturated heterocycles. The Bertz CT molecular complexity index is 202. The maximum absolute atomic E-state index is 10.3. The third-order valence-electron chi connectivity index (χ3n) is 3.33. The number of unbranched alkanes of at least 4 members (excludes halogenated alkanes) is 10. The monoisotopic (exact) mass is 238 g/mol. The van der Waals surface area contributed by atoms with E-state index in [1.165, 1.54) is 64.2 Å². The minimum absolute atomic E-state index is 0.876. The van der Waals surface area contributed by atoms with E-state index >= 15 is 0 Å². The zero-order chi connectivity index (χ0) is 12.8. The Labute approximate surface area is 108 Å². The van der Waals surface area contributed by atoms with E-state index in [0.717, 1.165) is 18.4 Å². The zero-order valence-corrected chi connectivity index (χ0v) is 11.9. The van der Waals surface area contributed by atoms with Gasteiger partial charge in [-0.25, -0.2) is 4.79 Å². The van der Waals surface area contributed by atoms with E-state index in [1.807, 2.05) is 12.9 Å². The molecule has 17 heavy (non-hydrogen) atoms. The quantitative estimate of drug-likeness (QED) is 0.326. The molecule has 0 saturated carbocycles. The largest absolute Gasteiger partial charge is 0.234 e. The van der Waals surface area contributed by atoms with Crippen LogP contribution in [0.1, 0.15) is 90.9 Å². The van der Waals surface area contributed by atoms with Gasteiger partial charge >= 0.3 is 0 Å². The fourth-order valence-corrected chi connectivity index (χ4v) is 2.11. The molecule has 0 heterocycles. The highest BCUT2D eigenvalue weighted by molar-refractivity contribution is 5.50. The smallest absolute Gasteiger partial charge is 0.123 e. The van der Waals surface area contributed by atoms with E-state index < -0.39 is 0 Å². The molecule has 0 aromatic rings. The van der Waals surface area contributed by atoms with Crippen LogP contribution in [0.15, 0.2) is 5.57 Å².